The van der Waals surface area contributed by atoms with E-state index in [0.29, 0.717) is 33.3 Å². The Labute approximate surface area is 144 Å². The number of methoxy groups -OCH3 is 2. The molecule has 0 saturated carbocycles. The summed E-state index contributed by atoms with van der Waals surface area (Å²) in [5.41, 5.74) is 1.57. The number of hydrogen-bond donors (Lipinski definition) is 1. The third-order valence-electron chi connectivity index (χ3n) is 3.32. The molecule has 126 valence electrons. The van der Waals surface area contributed by atoms with Gasteiger partial charge in [-0.1, -0.05) is 17.7 Å². The van der Waals surface area contributed by atoms with Gasteiger partial charge in [0.25, 0.3) is 0 Å². The number of nitrogens with one attached hydrogen (secondary N) is 1. The van der Waals surface area contributed by atoms with Crippen LogP contribution in [0.25, 0.3) is 6.08 Å². The summed E-state index contributed by atoms with van der Waals surface area (Å²) in [5.74, 6) is 0.133. The molecule has 1 amide bonds. The van der Waals surface area contributed by atoms with Gasteiger partial charge in [-0.15, -0.1) is 0 Å². The second-order valence-corrected chi connectivity index (χ2v) is 5.43. The minimum absolute atomic E-state index is 0.372. The van der Waals surface area contributed by atoms with Crippen LogP contribution in [0.1, 0.15) is 11.1 Å². The Morgan fingerprint density at radius 3 is 2.58 bits per heavy atom. The average molecular weight is 350 g/mol. The van der Waals surface area contributed by atoms with Crippen molar-refractivity contribution in [2.75, 3.05) is 19.5 Å². The van der Waals surface area contributed by atoms with E-state index in [1.54, 1.807) is 37.3 Å². The second-order valence-electron chi connectivity index (χ2n) is 5.02. The summed E-state index contributed by atoms with van der Waals surface area (Å²) >= 11 is 6.11. The van der Waals surface area contributed by atoms with Crippen molar-refractivity contribution >= 4 is 29.3 Å². The maximum absolute atomic E-state index is 13.5. The van der Waals surface area contributed by atoms with Gasteiger partial charge in [0, 0.05) is 11.8 Å². The molecule has 0 spiro atoms. The summed E-state index contributed by atoms with van der Waals surface area (Å²) in [6.07, 6.45) is 2.91. The molecule has 2 aromatic rings. The first-order chi connectivity index (χ1) is 11.4. The van der Waals surface area contributed by atoms with Crippen molar-refractivity contribution < 1.29 is 18.7 Å². The number of carbonyl (C=O) groups excluding carboxylic acids is 1. The molecule has 24 heavy (non-hydrogen) atoms. The molecule has 0 heterocycles. The van der Waals surface area contributed by atoms with Gasteiger partial charge in [0.05, 0.1) is 19.2 Å². The van der Waals surface area contributed by atoms with Crippen molar-refractivity contribution in [2.24, 2.45) is 0 Å². The van der Waals surface area contributed by atoms with Gasteiger partial charge < -0.3 is 14.8 Å². The number of hydrogen-bond acceptors (Lipinski definition) is 3. The number of amides is 1. The largest absolute Gasteiger partial charge is 0.493 e. The molecule has 2 aromatic carbocycles. The third-order valence-corrected chi connectivity index (χ3v) is 3.60. The molecule has 1 N–H and O–H groups in total. The van der Waals surface area contributed by atoms with Crippen LogP contribution in [0, 0.1) is 12.7 Å². The topological polar surface area (TPSA) is 47.6 Å². The van der Waals surface area contributed by atoms with Crippen LogP contribution in [0.4, 0.5) is 10.1 Å². The number of aryl methyl sites for hydroxylation is 1. The molecule has 6 heteroatoms. The van der Waals surface area contributed by atoms with E-state index in [2.05, 4.69) is 5.32 Å². The van der Waals surface area contributed by atoms with Crippen LogP contribution in [0.5, 0.6) is 11.5 Å². The molecule has 0 fully saturated rings. The van der Waals surface area contributed by atoms with Gasteiger partial charge in [0.1, 0.15) is 5.82 Å². The summed E-state index contributed by atoms with van der Waals surface area (Å²) in [4.78, 5) is 11.9. The normalized spacial score (nSPS) is 10.7. The molecule has 0 radical (unpaired) electrons. The maximum Gasteiger partial charge on any atom is 0.248 e. The lowest BCUT2D eigenvalue weighted by Gasteiger charge is -2.10. The second kappa shape index (κ2) is 7.84. The lowest BCUT2D eigenvalue weighted by molar-refractivity contribution is -0.111. The fraction of sp³-hybridized carbons (Fsp3) is 0.167. The zero-order valence-electron chi connectivity index (χ0n) is 13.5. The molecule has 4 nitrogen and oxygen atoms in total. The van der Waals surface area contributed by atoms with Gasteiger partial charge in [-0.05, 0) is 48.4 Å². The van der Waals surface area contributed by atoms with E-state index in [1.165, 1.54) is 26.4 Å². The molecule has 0 saturated heterocycles. The number of carbonyl (C=O) groups is 1. The van der Waals surface area contributed by atoms with Crippen molar-refractivity contribution in [1.82, 2.24) is 0 Å². The Morgan fingerprint density at radius 1 is 1.21 bits per heavy atom. The van der Waals surface area contributed by atoms with Gasteiger partial charge >= 0.3 is 0 Å². The minimum Gasteiger partial charge on any atom is -0.493 e. The summed E-state index contributed by atoms with van der Waals surface area (Å²) in [7, 11) is 2.99. The molecule has 0 atom stereocenters. The van der Waals surface area contributed by atoms with E-state index in [0.717, 1.165) is 0 Å². The maximum atomic E-state index is 13.5. The zero-order chi connectivity index (χ0) is 17.7. The lowest BCUT2D eigenvalue weighted by Crippen LogP contribution is -2.08. The molecular formula is C18H17ClFNO3. The Hall–Kier alpha value is -2.53. The minimum atomic E-state index is -0.385. The summed E-state index contributed by atoms with van der Waals surface area (Å²) in [6.45, 7) is 1.65. The first-order valence-electron chi connectivity index (χ1n) is 7.11. The predicted octanol–water partition coefficient (Wildman–Crippen LogP) is 4.46. The monoisotopic (exact) mass is 349 g/mol. The van der Waals surface area contributed by atoms with Gasteiger partial charge in [0.2, 0.25) is 5.91 Å². The highest BCUT2D eigenvalue weighted by molar-refractivity contribution is 6.32. The molecule has 2 rings (SSSR count). The summed E-state index contributed by atoms with van der Waals surface area (Å²) in [6, 6.07) is 7.85. The quantitative estimate of drug-likeness (QED) is 0.811. The number of halogens is 2. The molecule has 0 aromatic heterocycles. The first kappa shape index (κ1) is 17.8. The van der Waals surface area contributed by atoms with Crippen molar-refractivity contribution in [3.05, 3.63) is 58.4 Å². The molecule has 0 bridgehead atoms. The number of ether oxygens (including phenoxy) is 2. The van der Waals surface area contributed by atoms with E-state index < -0.39 is 0 Å². The zero-order valence-corrected chi connectivity index (χ0v) is 14.3. The Balaban J connectivity index is 2.13. The molecule has 0 aliphatic carbocycles. The lowest BCUT2D eigenvalue weighted by atomic mass is 10.1. The van der Waals surface area contributed by atoms with Crippen molar-refractivity contribution in [1.29, 1.82) is 0 Å². The Morgan fingerprint density at radius 2 is 1.96 bits per heavy atom. The van der Waals surface area contributed by atoms with Crippen LogP contribution >= 0.6 is 11.6 Å². The highest BCUT2D eigenvalue weighted by Gasteiger charge is 2.10. The SMILES string of the molecule is COc1cc(/C=C/C(=O)Nc2ccc(C)c(F)c2)cc(Cl)c1OC. The Kier molecular flexibility index (Phi) is 5.82. The van der Waals surface area contributed by atoms with Gasteiger partial charge in [-0.3, -0.25) is 4.79 Å². The van der Waals surface area contributed by atoms with Crippen molar-refractivity contribution in [3.63, 3.8) is 0 Å². The van der Waals surface area contributed by atoms with E-state index in [1.807, 2.05) is 0 Å². The van der Waals surface area contributed by atoms with Gasteiger partial charge in [-0.2, -0.15) is 0 Å². The van der Waals surface area contributed by atoms with Crippen LogP contribution < -0.4 is 14.8 Å². The summed E-state index contributed by atoms with van der Waals surface area (Å²) < 4.78 is 23.8. The van der Waals surface area contributed by atoms with Crippen LogP contribution in [0.15, 0.2) is 36.4 Å². The summed E-state index contributed by atoms with van der Waals surface area (Å²) in [5, 5.41) is 2.96. The average Bonchev–Trinajstić information content (AvgIpc) is 2.55. The van der Waals surface area contributed by atoms with Crippen molar-refractivity contribution in [3.8, 4) is 11.5 Å². The van der Waals surface area contributed by atoms with E-state index >= 15 is 0 Å². The highest BCUT2D eigenvalue weighted by Crippen LogP contribution is 2.36. The standard InChI is InChI=1S/C18H17ClFNO3/c1-11-4-6-13(10-15(11)20)21-17(22)7-5-12-8-14(19)18(24-3)16(9-12)23-2/h4-10H,1-3H3,(H,21,22)/b7-5+. The predicted molar refractivity (Wildman–Crippen MR) is 93.4 cm³/mol. The number of rotatable bonds is 5. The van der Waals surface area contributed by atoms with E-state index in [4.69, 9.17) is 21.1 Å². The van der Waals surface area contributed by atoms with E-state index in [-0.39, 0.29) is 11.7 Å². The van der Waals surface area contributed by atoms with Crippen LogP contribution in [0.3, 0.4) is 0 Å². The molecular weight excluding hydrogens is 333 g/mol. The van der Waals surface area contributed by atoms with Crippen molar-refractivity contribution in [2.45, 2.75) is 6.92 Å². The smallest absolute Gasteiger partial charge is 0.248 e. The number of benzene rings is 2. The fourth-order valence-corrected chi connectivity index (χ4v) is 2.36. The Bertz CT molecular complexity index is 790. The van der Waals surface area contributed by atoms with Gasteiger partial charge in [0.15, 0.2) is 11.5 Å². The van der Waals surface area contributed by atoms with Crippen LogP contribution in [-0.4, -0.2) is 20.1 Å². The third kappa shape index (κ3) is 4.26. The molecule has 0 aliphatic rings. The molecule has 0 aliphatic heterocycles. The van der Waals surface area contributed by atoms with Crippen LogP contribution in [0.2, 0.25) is 5.02 Å². The highest BCUT2D eigenvalue weighted by atomic mass is 35.5. The first-order valence-corrected chi connectivity index (χ1v) is 7.49. The fourth-order valence-electron chi connectivity index (χ4n) is 2.06. The van der Waals surface area contributed by atoms with E-state index in [9.17, 15) is 9.18 Å². The van der Waals surface area contributed by atoms with Crippen LogP contribution in [-0.2, 0) is 4.79 Å². The number of anilines is 1. The van der Waals surface area contributed by atoms with Gasteiger partial charge in [-0.25, -0.2) is 4.39 Å². The molecule has 0 unspecified atom stereocenters.